The van der Waals surface area contributed by atoms with Crippen molar-refractivity contribution < 1.29 is 4.79 Å². The van der Waals surface area contributed by atoms with Gasteiger partial charge in [-0.3, -0.25) is 4.79 Å². The largest absolute Gasteiger partial charge is 0.289 e. The average molecular weight is 451 g/mol. The molecule has 0 aromatic heterocycles. The summed E-state index contributed by atoms with van der Waals surface area (Å²) in [5.74, 6) is 6.63. The van der Waals surface area contributed by atoms with E-state index in [2.05, 4.69) is 55.2 Å². The summed E-state index contributed by atoms with van der Waals surface area (Å²) in [4.78, 5) is 13.7. The first-order chi connectivity index (χ1) is 17.2. The molecule has 0 fully saturated rings. The van der Waals surface area contributed by atoms with Gasteiger partial charge in [0.1, 0.15) is 0 Å². The molecule has 0 unspecified atom stereocenters. The Balaban J connectivity index is 1.51. The van der Waals surface area contributed by atoms with E-state index in [4.69, 9.17) is 0 Å². The van der Waals surface area contributed by atoms with Crippen molar-refractivity contribution in [1.82, 2.24) is 0 Å². The lowest BCUT2D eigenvalue weighted by atomic mass is 9.93. The molecule has 0 bridgehead atoms. The van der Waals surface area contributed by atoms with Gasteiger partial charge in [0, 0.05) is 35.1 Å². The molecule has 0 heterocycles. The van der Waals surface area contributed by atoms with Gasteiger partial charge in [0.2, 0.25) is 0 Å². The SMILES string of the molecule is CC1=C(Cc2ccccc2)C(=O)C(Cc2ccccc2)=C1c1ccc(C#Cc2ccccc2)cc1. The van der Waals surface area contributed by atoms with E-state index in [9.17, 15) is 4.79 Å². The molecule has 0 amide bonds. The molecule has 5 rings (SSSR count). The number of hydrogen-bond donors (Lipinski definition) is 0. The number of rotatable bonds is 5. The monoisotopic (exact) mass is 450 g/mol. The summed E-state index contributed by atoms with van der Waals surface area (Å²) in [7, 11) is 0. The second-order valence-corrected chi connectivity index (χ2v) is 8.80. The molecule has 4 aromatic rings. The normalized spacial score (nSPS) is 13.1. The summed E-state index contributed by atoms with van der Waals surface area (Å²) in [6, 6.07) is 38.8. The Morgan fingerprint density at radius 2 is 1.00 bits per heavy atom. The third-order valence-electron chi connectivity index (χ3n) is 6.42. The smallest absolute Gasteiger partial charge is 0.186 e. The average Bonchev–Trinajstić information content (AvgIpc) is 3.14. The molecule has 0 spiro atoms. The standard InChI is InChI=1S/C34H26O/c1-25-31(23-28-13-7-3-8-14-28)34(35)32(24-29-15-9-4-10-16-29)33(25)30-21-19-27(20-22-30)18-17-26-11-5-2-6-12-26/h2-16,19-22H,23-24H2,1H3. The summed E-state index contributed by atoms with van der Waals surface area (Å²) in [6.07, 6.45) is 1.27. The van der Waals surface area contributed by atoms with Crippen molar-refractivity contribution in [2.45, 2.75) is 19.8 Å². The highest BCUT2D eigenvalue weighted by Crippen LogP contribution is 2.39. The van der Waals surface area contributed by atoms with Crippen molar-refractivity contribution in [3.05, 3.63) is 160 Å². The maximum Gasteiger partial charge on any atom is 0.186 e. The minimum absolute atomic E-state index is 0.165. The molecule has 4 aromatic carbocycles. The van der Waals surface area contributed by atoms with Crippen molar-refractivity contribution in [2.24, 2.45) is 0 Å². The van der Waals surface area contributed by atoms with Gasteiger partial charge in [-0.15, -0.1) is 0 Å². The van der Waals surface area contributed by atoms with Gasteiger partial charge in [-0.05, 0) is 59.0 Å². The third-order valence-corrected chi connectivity index (χ3v) is 6.42. The molecule has 35 heavy (non-hydrogen) atoms. The Bertz CT molecular complexity index is 1460. The molecule has 0 N–H and O–H groups in total. The zero-order valence-corrected chi connectivity index (χ0v) is 19.8. The maximum absolute atomic E-state index is 13.7. The summed E-state index contributed by atoms with van der Waals surface area (Å²) < 4.78 is 0. The number of carbonyl (C=O) groups is 1. The van der Waals surface area contributed by atoms with Crippen LogP contribution in [0.3, 0.4) is 0 Å². The molecular weight excluding hydrogens is 424 g/mol. The van der Waals surface area contributed by atoms with Crippen molar-refractivity contribution in [3.8, 4) is 11.8 Å². The van der Waals surface area contributed by atoms with Crippen LogP contribution >= 0.6 is 0 Å². The minimum Gasteiger partial charge on any atom is -0.289 e. The maximum atomic E-state index is 13.7. The van der Waals surface area contributed by atoms with Gasteiger partial charge in [-0.2, -0.15) is 0 Å². The third kappa shape index (κ3) is 5.08. The fraction of sp³-hybridized carbons (Fsp3) is 0.0882. The van der Waals surface area contributed by atoms with Gasteiger partial charge in [0.15, 0.2) is 5.78 Å². The van der Waals surface area contributed by atoms with E-state index in [0.29, 0.717) is 12.8 Å². The highest BCUT2D eigenvalue weighted by molar-refractivity contribution is 6.21. The number of ketones is 1. The molecule has 0 saturated heterocycles. The predicted octanol–water partition coefficient (Wildman–Crippen LogP) is 7.22. The van der Waals surface area contributed by atoms with E-state index in [1.54, 1.807) is 0 Å². The summed E-state index contributed by atoms with van der Waals surface area (Å²) in [5, 5.41) is 0. The summed E-state index contributed by atoms with van der Waals surface area (Å²) in [5.41, 5.74) is 9.23. The number of carbonyl (C=O) groups excluding carboxylic acids is 1. The Morgan fingerprint density at radius 3 is 1.54 bits per heavy atom. The molecule has 1 aliphatic carbocycles. The van der Waals surface area contributed by atoms with E-state index >= 15 is 0 Å². The lowest BCUT2D eigenvalue weighted by Crippen LogP contribution is -2.07. The van der Waals surface area contributed by atoms with Crippen LogP contribution in [0.5, 0.6) is 0 Å². The Hall–Kier alpha value is -4.41. The van der Waals surface area contributed by atoms with Crippen LogP contribution in [0, 0.1) is 11.8 Å². The second-order valence-electron chi connectivity index (χ2n) is 8.80. The van der Waals surface area contributed by atoms with Gasteiger partial charge in [0.05, 0.1) is 0 Å². The summed E-state index contributed by atoms with van der Waals surface area (Å²) >= 11 is 0. The molecule has 1 nitrogen and oxygen atoms in total. The zero-order chi connectivity index (χ0) is 24.0. The van der Waals surface area contributed by atoms with Crippen molar-refractivity contribution in [3.63, 3.8) is 0 Å². The highest BCUT2D eigenvalue weighted by atomic mass is 16.1. The van der Waals surface area contributed by atoms with Crippen molar-refractivity contribution >= 4 is 11.4 Å². The van der Waals surface area contributed by atoms with Gasteiger partial charge in [0.25, 0.3) is 0 Å². The Labute approximate surface area is 207 Å². The van der Waals surface area contributed by atoms with Crippen LogP contribution in [0.4, 0.5) is 0 Å². The van der Waals surface area contributed by atoms with Gasteiger partial charge < -0.3 is 0 Å². The first kappa shape index (κ1) is 22.4. The molecule has 0 saturated carbocycles. The predicted molar refractivity (Wildman–Crippen MR) is 144 cm³/mol. The lowest BCUT2D eigenvalue weighted by molar-refractivity contribution is -0.112. The van der Waals surface area contributed by atoms with Crippen molar-refractivity contribution in [1.29, 1.82) is 0 Å². The number of allylic oxidation sites excluding steroid dienone is 4. The van der Waals surface area contributed by atoms with E-state index in [0.717, 1.165) is 50.1 Å². The molecule has 0 aliphatic heterocycles. The molecule has 168 valence electrons. The second kappa shape index (κ2) is 10.2. The molecule has 0 radical (unpaired) electrons. The summed E-state index contributed by atoms with van der Waals surface area (Å²) in [6.45, 7) is 2.09. The quantitative estimate of drug-likeness (QED) is 0.293. The van der Waals surface area contributed by atoms with Gasteiger partial charge in [-0.25, -0.2) is 0 Å². The van der Waals surface area contributed by atoms with Crippen molar-refractivity contribution in [2.75, 3.05) is 0 Å². The first-order valence-electron chi connectivity index (χ1n) is 11.9. The Kier molecular flexibility index (Phi) is 6.55. The van der Waals surface area contributed by atoms with Crippen LogP contribution in [0.2, 0.25) is 0 Å². The fourth-order valence-corrected chi connectivity index (χ4v) is 4.60. The van der Waals surface area contributed by atoms with Gasteiger partial charge in [-0.1, -0.05) is 103 Å². The first-order valence-corrected chi connectivity index (χ1v) is 11.9. The minimum atomic E-state index is 0.165. The Morgan fingerprint density at radius 1 is 0.543 bits per heavy atom. The molecule has 1 heteroatoms. The van der Waals surface area contributed by atoms with Crippen LogP contribution in [-0.4, -0.2) is 5.78 Å². The van der Waals surface area contributed by atoms with Crippen LogP contribution in [0.15, 0.2) is 132 Å². The molecular formula is C34H26O. The fourth-order valence-electron chi connectivity index (χ4n) is 4.60. The number of hydrogen-bond acceptors (Lipinski definition) is 1. The number of benzene rings is 4. The topological polar surface area (TPSA) is 17.1 Å². The van der Waals surface area contributed by atoms with E-state index in [1.807, 2.05) is 78.9 Å². The zero-order valence-electron chi connectivity index (χ0n) is 19.8. The van der Waals surface area contributed by atoms with E-state index < -0.39 is 0 Å². The van der Waals surface area contributed by atoms with Gasteiger partial charge >= 0.3 is 0 Å². The molecule has 0 atom stereocenters. The van der Waals surface area contributed by atoms with E-state index in [-0.39, 0.29) is 5.78 Å². The van der Waals surface area contributed by atoms with E-state index in [1.165, 1.54) is 0 Å². The number of Topliss-reactive ketones (excluding diaryl/α,β-unsaturated/α-hetero) is 1. The van der Waals surface area contributed by atoms with Crippen LogP contribution in [0.1, 0.15) is 34.7 Å². The van der Waals surface area contributed by atoms with Crippen LogP contribution < -0.4 is 0 Å². The van der Waals surface area contributed by atoms with Crippen LogP contribution in [-0.2, 0) is 17.6 Å². The highest BCUT2D eigenvalue weighted by Gasteiger charge is 2.30. The molecule has 1 aliphatic rings. The lowest BCUT2D eigenvalue weighted by Gasteiger charge is -2.10. The van der Waals surface area contributed by atoms with Crippen LogP contribution in [0.25, 0.3) is 5.57 Å².